The fourth-order valence-corrected chi connectivity index (χ4v) is 1.94. The highest BCUT2D eigenvalue weighted by Crippen LogP contribution is 2.33. The number of carbonyl (C=O) groups is 1. The van der Waals surface area contributed by atoms with Crippen molar-refractivity contribution >= 4 is 23.2 Å². The molecule has 0 bridgehead atoms. The van der Waals surface area contributed by atoms with Gasteiger partial charge in [-0.3, -0.25) is 4.79 Å². The van der Waals surface area contributed by atoms with Crippen molar-refractivity contribution in [2.75, 3.05) is 32.1 Å². The lowest BCUT2D eigenvalue weighted by Gasteiger charge is -2.32. The third-order valence-electron chi connectivity index (χ3n) is 2.76. The first kappa shape index (κ1) is 13.1. The standard InChI is InChI=1S/C12H16ClN3O2/c1-8-12(17)16(5-4-15(2)3)10-6-9(13)7-14-11(10)18-8/h6-8H,4-5H2,1-3H3. The lowest BCUT2D eigenvalue weighted by molar-refractivity contribution is -0.125. The van der Waals surface area contributed by atoms with Crippen LogP contribution in [0.5, 0.6) is 5.88 Å². The molecule has 2 rings (SSSR count). The van der Waals surface area contributed by atoms with Crippen LogP contribution in [0.4, 0.5) is 5.69 Å². The van der Waals surface area contributed by atoms with Crippen LogP contribution in [0.2, 0.25) is 5.02 Å². The predicted molar refractivity (Wildman–Crippen MR) is 70.2 cm³/mol. The van der Waals surface area contributed by atoms with Crippen LogP contribution in [0.3, 0.4) is 0 Å². The van der Waals surface area contributed by atoms with Gasteiger partial charge in [0.05, 0.1) is 5.02 Å². The van der Waals surface area contributed by atoms with E-state index in [-0.39, 0.29) is 5.91 Å². The number of amides is 1. The second-order valence-electron chi connectivity index (χ2n) is 4.53. The zero-order chi connectivity index (χ0) is 13.3. The molecule has 0 aromatic carbocycles. The minimum atomic E-state index is -0.506. The molecule has 2 heterocycles. The Morgan fingerprint density at radius 1 is 1.56 bits per heavy atom. The molecule has 0 saturated heterocycles. The number of rotatable bonds is 3. The number of hydrogen-bond acceptors (Lipinski definition) is 4. The second-order valence-corrected chi connectivity index (χ2v) is 4.97. The van der Waals surface area contributed by atoms with Gasteiger partial charge < -0.3 is 14.5 Å². The Labute approximate surface area is 111 Å². The fourth-order valence-electron chi connectivity index (χ4n) is 1.79. The molecule has 1 aromatic heterocycles. The van der Waals surface area contributed by atoms with Crippen LogP contribution in [-0.2, 0) is 4.79 Å². The van der Waals surface area contributed by atoms with E-state index >= 15 is 0 Å². The molecule has 1 aromatic rings. The van der Waals surface area contributed by atoms with Crippen molar-refractivity contribution < 1.29 is 9.53 Å². The van der Waals surface area contributed by atoms with Gasteiger partial charge in [0.15, 0.2) is 6.10 Å². The van der Waals surface area contributed by atoms with Gasteiger partial charge in [0.2, 0.25) is 5.88 Å². The summed E-state index contributed by atoms with van der Waals surface area (Å²) >= 11 is 5.92. The summed E-state index contributed by atoms with van der Waals surface area (Å²) in [6.07, 6.45) is 1.01. The summed E-state index contributed by atoms with van der Waals surface area (Å²) in [5.41, 5.74) is 0.646. The SMILES string of the molecule is CC1Oc2ncc(Cl)cc2N(CCN(C)C)C1=O. The third kappa shape index (κ3) is 2.57. The maximum absolute atomic E-state index is 12.1. The summed E-state index contributed by atoms with van der Waals surface area (Å²) in [6, 6.07) is 1.71. The van der Waals surface area contributed by atoms with Gasteiger partial charge in [0.25, 0.3) is 5.91 Å². The van der Waals surface area contributed by atoms with Crippen LogP contribution < -0.4 is 9.64 Å². The predicted octanol–water partition coefficient (Wildman–Crippen LogP) is 1.41. The van der Waals surface area contributed by atoms with Gasteiger partial charge in [-0.25, -0.2) is 4.98 Å². The summed E-state index contributed by atoms with van der Waals surface area (Å²) in [5, 5.41) is 0.495. The molecular weight excluding hydrogens is 254 g/mol. The first-order chi connectivity index (χ1) is 8.49. The number of halogens is 1. The van der Waals surface area contributed by atoms with Crippen molar-refractivity contribution in [2.24, 2.45) is 0 Å². The molecular formula is C12H16ClN3O2. The lowest BCUT2D eigenvalue weighted by Crippen LogP contribution is -2.47. The number of aromatic nitrogens is 1. The van der Waals surface area contributed by atoms with E-state index in [1.807, 2.05) is 19.0 Å². The summed E-state index contributed by atoms with van der Waals surface area (Å²) in [7, 11) is 3.93. The Bertz CT molecular complexity index is 465. The zero-order valence-corrected chi connectivity index (χ0v) is 11.4. The minimum absolute atomic E-state index is 0.0617. The number of carbonyl (C=O) groups excluding carboxylic acids is 1. The largest absolute Gasteiger partial charge is 0.463 e. The van der Waals surface area contributed by atoms with Crippen LogP contribution in [-0.4, -0.2) is 49.1 Å². The number of ether oxygens (including phenoxy) is 1. The van der Waals surface area contributed by atoms with Gasteiger partial charge in [-0.1, -0.05) is 11.6 Å². The molecule has 1 atom stereocenters. The number of nitrogens with zero attached hydrogens (tertiary/aromatic N) is 3. The monoisotopic (exact) mass is 269 g/mol. The van der Waals surface area contributed by atoms with E-state index in [0.717, 1.165) is 6.54 Å². The first-order valence-electron chi connectivity index (χ1n) is 5.77. The molecule has 98 valence electrons. The summed E-state index contributed by atoms with van der Waals surface area (Å²) in [5.74, 6) is 0.402. The van der Waals surface area contributed by atoms with Gasteiger partial charge in [-0.05, 0) is 27.1 Å². The molecule has 0 aliphatic carbocycles. The third-order valence-corrected chi connectivity index (χ3v) is 2.97. The highest BCUT2D eigenvalue weighted by atomic mass is 35.5. The molecule has 18 heavy (non-hydrogen) atoms. The smallest absolute Gasteiger partial charge is 0.268 e. The van der Waals surface area contributed by atoms with E-state index in [1.165, 1.54) is 6.20 Å². The average Bonchev–Trinajstić information content (AvgIpc) is 2.30. The fraction of sp³-hybridized carbons (Fsp3) is 0.500. The Morgan fingerprint density at radius 3 is 2.94 bits per heavy atom. The molecule has 0 radical (unpaired) electrons. The zero-order valence-electron chi connectivity index (χ0n) is 10.7. The molecule has 1 amide bonds. The number of hydrogen-bond donors (Lipinski definition) is 0. The topological polar surface area (TPSA) is 45.7 Å². The van der Waals surface area contributed by atoms with E-state index in [0.29, 0.717) is 23.1 Å². The van der Waals surface area contributed by atoms with Gasteiger partial charge in [0, 0.05) is 19.3 Å². The van der Waals surface area contributed by atoms with Gasteiger partial charge in [0.1, 0.15) is 5.69 Å². The van der Waals surface area contributed by atoms with Crippen LogP contribution >= 0.6 is 11.6 Å². The minimum Gasteiger partial charge on any atom is -0.463 e. The Hall–Kier alpha value is -1.33. The Kier molecular flexibility index (Phi) is 3.73. The first-order valence-corrected chi connectivity index (χ1v) is 6.15. The molecule has 0 N–H and O–H groups in total. The summed E-state index contributed by atoms with van der Waals surface area (Å²) in [6.45, 7) is 3.09. The Balaban J connectivity index is 2.31. The molecule has 1 aliphatic rings. The summed E-state index contributed by atoms with van der Waals surface area (Å²) in [4.78, 5) is 19.9. The van der Waals surface area contributed by atoms with Crippen molar-refractivity contribution in [3.63, 3.8) is 0 Å². The van der Waals surface area contributed by atoms with Crippen LogP contribution in [0.15, 0.2) is 12.3 Å². The van der Waals surface area contributed by atoms with Crippen molar-refractivity contribution in [3.8, 4) is 5.88 Å². The van der Waals surface area contributed by atoms with Crippen LogP contribution in [0.1, 0.15) is 6.92 Å². The van der Waals surface area contributed by atoms with Crippen molar-refractivity contribution in [2.45, 2.75) is 13.0 Å². The van der Waals surface area contributed by atoms with Crippen molar-refractivity contribution in [1.82, 2.24) is 9.88 Å². The number of likely N-dealkylation sites (N-methyl/N-ethyl adjacent to an activating group) is 1. The molecule has 0 spiro atoms. The normalized spacial score (nSPS) is 18.8. The maximum atomic E-state index is 12.1. The maximum Gasteiger partial charge on any atom is 0.268 e. The van der Waals surface area contributed by atoms with Crippen LogP contribution in [0.25, 0.3) is 0 Å². The molecule has 1 aliphatic heterocycles. The highest BCUT2D eigenvalue weighted by Gasteiger charge is 2.32. The van der Waals surface area contributed by atoms with Gasteiger partial charge in [-0.15, -0.1) is 0 Å². The van der Waals surface area contributed by atoms with Crippen molar-refractivity contribution in [3.05, 3.63) is 17.3 Å². The van der Waals surface area contributed by atoms with E-state index < -0.39 is 6.10 Å². The van der Waals surface area contributed by atoms with Gasteiger partial charge >= 0.3 is 0 Å². The Morgan fingerprint density at radius 2 is 2.28 bits per heavy atom. The van der Waals surface area contributed by atoms with E-state index in [4.69, 9.17) is 16.3 Å². The number of pyridine rings is 1. The molecule has 0 saturated carbocycles. The molecule has 5 nitrogen and oxygen atoms in total. The van der Waals surface area contributed by atoms with Gasteiger partial charge in [-0.2, -0.15) is 0 Å². The average molecular weight is 270 g/mol. The quantitative estimate of drug-likeness (QED) is 0.832. The summed E-state index contributed by atoms with van der Waals surface area (Å²) < 4.78 is 5.46. The lowest BCUT2D eigenvalue weighted by atomic mass is 10.2. The second kappa shape index (κ2) is 5.12. The molecule has 6 heteroatoms. The van der Waals surface area contributed by atoms with E-state index in [2.05, 4.69) is 4.98 Å². The number of fused-ring (bicyclic) bond motifs is 1. The molecule has 0 fully saturated rings. The van der Waals surface area contributed by atoms with Crippen LogP contribution in [0, 0.1) is 0 Å². The van der Waals surface area contributed by atoms with Crippen molar-refractivity contribution in [1.29, 1.82) is 0 Å². The number of anilines is 1. The van der Waals surface area contributed by atoms with E-state index in [1.54, 1.807) is 17.9 Å². The molecule has 1 unspecified atom stereocenters. The highest BCUT2D eigenvalue weighted by molar-refractivity contribution is 6.30. The van der Waals surface area contributed by atoms with E-state index in [9.17, 15) is 4.79 Å².